The SMILES string of the molecule is COc1ccc(C2CCOCO2)cc1. The molecule has 1 heterocycles. The van der Waals surface area contributed by atoms with Gasteiger partial charge in [0.15, 0.2) is 0 Å². The highest BCUT2D eigenvalue weighted by atomic mass is 16.7. The lowest BCUT2D eigenvalue weighted by molar-refractivity contribution is -0.140. The topological polar surface area (TPSA) is 27.7 Å². The molecule has 76 valence electrons. The fraction of sp³-hybridized carbons (Fsp3) is 0.455. The summed E-state index contributed by atoms with van der Waals surface area (Å²) < 4.78 is 15.7. The molecular formula is C11H14O3. The fourth-order valence-corrected chi connectivity index (χ4v) is 1.54. The van der Waals surface area contributed by atoms with Gasteiger partial charge in [-0.15, -0.1) is 0 Å². The quantitative estimate of drug-likeness (QED) is 0.721. The summed E-state index contributed by atoms with van der Waals surface area (Å²) in [6.45, 7) is 1.17. The summed E-state index contributed by atoms with van der Waals surface area (Å²) in [5.41, 5.74) is 1.19. The summed E-state index contributed by atoms with van der Waals surface area (Å²) in [6, 6.07) is 7.98. The van der Waals surface area contributed by atoms with E-state index in [1.807, 2.05) is 24.3 Å². The van der Waals surface area contributed by atoms with Crippen molar-refractivity contribution in [1.29, 1.82) is 0 Å². The van der Waals surface area contributed by atoms with Crippen LogP contribution in [-0.2, 0) is 9.47 Å². The summed E-state index contributed by atoms with van der Waals surface area (Å²) in [6.07, 6.45) is 1.10. The molecule has 0 saturated carbocycles. The number of ether oxygens (including phenoxy) is 3. The Kier molecular flexibility index (Phi) is 3.01. The van der Waals surface area contributed by atoms with Crippen molar-refractivity contribution in [2.75, 3.05) is 20.5 Å². The smallest absolute Gasteiger partial charge is 0.147 e. The Balaban J connectivity index is 2.07. The van der Waals surface area contributed by atoms with E-state index < -0.39 is 0 Å². The second-order valence-electron chi connectivity index (χ2n) is 3.24. The van der Waals surface area contributed by atoms with Gasteiger partial charge in [0, 0.05) is 6.42 Å². The summed E-state index contributed by atoms with van der Waals surface area (Å²) >= 11 is 0. The van der Waals surface area contributed by atoms with Crippen molar-refractivity contribution < 1.29 is 14.2 Å². The first-order chi connectivity index (χ1) is 6.90. The summed E-state index contributed by atoms with van der Waals surface area (Å²) in [5.74, 6) is 0.876. The van der Waals surface area contributed by atoms with E-state index in [9.17, 15) is 0 Å². The lowest BCUT2D eigenvalue weighted by Gasteiger charge is -2.23. The molecule has 0 spiro atoms. The van der Waals surface area contributed by atoms with Gasteiger partial charge < -0.3 is 14.2 Å². The van der Waals surface area contributed by atoms with Crippen molar-refractivity contribution in [3.63, 3.8) is 0 Å². The molecule has 1 atom stereocenters. The van der Waals surface area contributed by atoms with Crippen LogP contribution >= 0.6 is 0 Å². The second-order valence-corrected chi connectivity index (χ2v) is 3.24. The molecule has 0 aliphatic carbocycles. The van der Waals surface area contributed by atoms with Crippen LogP contribution in [0.2, 0.25) is 0 Å². The zero-order valence-electron chi connectivity index (χ0n) is 8.23. The van der Waals surface area contributed by atoms with Crippen LogP contribution in [-0.4, -0.2) is 20.5 Å². The number of methoxy groups -OCH3 is 1. The summed E-state index contributed by atoms with van der Waals surface area (Å²) in [5, 5.41) is 0. The Hall–Kier alpha value is -1.06. The van der Waals surface area contributed by atoms with Crippen molar-refractivity contribution in [1.82, 2.24) is 0 Å². The molecule has 0 N–H and O–H groups in total. The first-order valence-electron chi connectivity index (χ1n) is 4.73. The van der Waals surface area contributed by atoms with Crippen LogP contribution in [0.3, 0.4) is 0 Å². The molecule has 1 aliphatic heterocycles. The van der Waals surface area contributed by atoms with Gasteiger partial charge in [-0.2, -0.15) is 0 Å². The first-order valence-corrected chi connectivity index (χ1v) is 4.73. The normalized spacial score (nSPS) is 21.9. The van der Waals surface area contributed by atoms with E-state index in [0.29, 0.717) is 6.79 Å². The largest absolute Gasteiger partial charge is 0.497 e. The molecule has 3 heteroatoms. The lowest BCUT2D eigenvalue weighted by Crippen LogP contribution is -2.16. The second kappa shape index (κ2) is 4.44. The maximum absolute atomic E-state index is 5.47. The number of rotatable bonds is 2. The highest BCUT2D eigenvalue weighted by Gasteiger charge is 2.15. The van der Waals surface area contributed by atoms with Crippen molar-refractivity contribution in [2.24, 2.45) is 0 Å². The Morgan fingerprint density at radius 2 is 2.07 bits per heavy atom. The van der Waals surface area contributed by atoms with Gasteiger partial charge in [0.1, 0.15) is 12.5 Å². The van der Waals surface area contributed by atoms with Gasteiger partial charge >= 0.3 is 0 Å². The highest BCUT2D eigenvalue weighted by molar-refractivity contribution is 5.28. The first kappa shape index (κ1) is 9.49. The maximum Gasteiger partial charge on any atom is 0.147 e. The van der Waals surface area contributed by atoms with Crippen molar-refractivity contribution in [3.8, 4) is 5.75 Å². The molecule has 1 aliphatic rings. The monoisotopic (exact) mass is 194 g/mol. The van der Waals surface area contributed by atoms with Crippen molar-refractivity contribution in [3.05, 3.63) is 29.8 Å². The molecule has 0 radical (unpaired) electrons. The van der Waals surface area contributed by atoms with E-state index in [2.05, 4.69) is 0 Å². The molecule has 1 unspecified atom stereocenters. The molecule has 1 fully saturated rings. The Morgan fingerprint density at radius 3 is 2.64 bits per heavy atom. The van der Waals surface area contributed by atoms with E-state index >= 15 is 0 Å². The van der Waals surface area contributed by atoms with Crippen LogP contribution in [0.25, 0.3) is 0 Å². The van der Waals surface area contributed by atoms with Crippen LogP contribution < -0.4 is 4.74 Å². The van der Waals surface area contributed by atoms with Gasteiger partial charge in [-0.25, -0.2) is 0 Å². The van der Waals surface area contributed by atoms with Gasteiger partial charge in [-0.3, -0.25) is 0 Å². The molecule has 1 aromatic rings. The molecule has 0 bridgehead atoms. The lowest BCUT2D eigenvalue weighted by atomic mass is 10.1. The summed E-state index contributed by atoms with van der Waals surface area (Å²) in [4.78, 5) is 0. The molecule has 2 rings (SSSR count). The Bertz CT molecular complexity index is 275. The van der Waals surface area contributed by atoms with E-state index in [1.54, 1.807) is 7.11 Å². The minimum atomic E-state index is 0.176. The van der Waals surface area contributed by atoms with E-state index in [4.69, 9.17) is 14.2 Å². The van der Waals surface area contributed by atoms with Crippen LogP contribution in [0.5, 0.6) is 5.75 Å². The zero-order chi connectivity index (χ0) is 9.80. The predicted molar refractivity (Wildman–Crippen MR) is 52.3 cm³/mol. The standard InChI is InChI=1S/C11H14O3/c1-12-10-4-2-9(3-5-10)11-6-7-13-8-14-11/h2-5,11H,6-8H2,1H3. The molecule has 3 nitrogen and oxygen atoms in total. The van der Waals surface area contributed by atoms with Crippen LogP contribution in [0, 0.1) is 0 Å². The molecule has 1 aromatic carbocycles. The van der Waals surface area contributed by atoms with Crippen molar-refractivity contribution in [2.45, 2.75) is 12.5 Å². The predicted octanol–water partition coefficient (Wildman–Crippen LogP) is 2.13. The third-order valence-electron chi connectivity index (χ3n) is 2.36. The zero-order valence-corrected chi connectivity index (χ0v) is 8.23. The third-order valence-corrected chi connectivity index (χ3v) is 2.36. The van der Waals surface area contributed by atoms with Crippen LogP contribution in [0.1, 0.15) is 18.1 Å². The van der Waals surface area contributed by atoms with Crippen LogP contribution in [0.15, 0.2) is 24.3 Å². The van der Waals surface area contributed by atoms with Gasteiger partial charge in [-0.05, 0) is 17.7 Å². The Morgan fingerprint density at radius 1 is 1.29 bits per heavy atom. The average Bonchev–Trinajstić information content (AvgIpc) is 2.30. The molecular weight excluding hydrogens is 180 g/mol. The van der Waals surface area contributed by atoms with Gasteiger partial charge in [-0.1, -0.05) is 12.1 Å². The number of hydrogen-bond acceptors (Lipinski definition) is 3. The molecule has 0 amide bonds. The van der Waals surface area contributed by atoms with E-state index in [1.165, 1.54) is 5.56 Å². The van der Waals surface area contributed by atoms with Gasteiger partial charge in [0.2, 0.25) is 0 Å². The Labute approximate surface area is 83.6 Å². The number of hydrogen-bond donors (Lipinski definition) is 0. The van der Waals surface area contributed by atoms with Crippen LogP contribution in [0.4, 0.5) is 0 Å². The molecule has 14 heavy (non-hydrogen) atoms. The van der Waals surface area contributed by atoms with E-state index in [0.717, 1.165) is 18.8 Å². The average molecular weight is 194 g/mol. The highest BCUT2D eigenvalue weighted by Crippen LogP contribution is 2.25. The fourth-order valence-electron chi connectivity index (χ4n) is 1.54. The minimum absolute atomic E-state index is 0.176. The molecule has 1 saturated heterocycles. The third kappa shape index (κ3) is 2.05. The number of benzene rings is 1. The van der Waals surface area contributed by atoms with E-state index in [-0.39, 0.29) is 6.10 Å². The van der Waals surface area contributed by atoms with Crippen molar-refractivity contribution >= 4 is 0 Å². The maximum atomic E-state index is 5.47. The van der Waals surface area contributed by atoms with Gasteiger partial charge in [0.05, 0.1) is 19.8 Å². The van der Waals surface area contributed by atoms with Gasteiger partial charge in [0.25, 0.3) is 0 Å². The minimum Gasteiger partial charge on any atom is -0.497 e. The summed E-state index contributed by atoms with van der Waals surface area (Å²) in [7, 11) is 1.67. The molecule has 0 aromatic heterocycles.